The number of anilines is 2. The first kappa shape index (κ1) is 18.2. The van der Waals surface area contributed by atoms with Crippen LogP contribution in [0.3, 0.4) is 0 Å². The second-order valence-corrected chi connectivity index (χ2v) is 6.15. The maximum absolute atomic E-state index is 12.8. The number of ketones is 2. The van der Waals surface area contributed by atoms with Crippen molar-refractivity contribution in [1.29, 1.82) is 0 Å². The molecule has 0 saturated carbocycles. The number of nitrogens with two attached hydrogens (primary N) is 2. The fraction of sp³-hybridized carbons (Fsp3) is 0. The maximum atomic E-state index is 12.8. The summed E-state index contributed by atoms with van der Waals surface area (Å²) >= 11 is 12.4. The predicted molar refractivity (Wildman–Crippen MR) is 102 cm³/mol. The third kappa shape index (κ3) is 3.11. The Balaban J connectivity index is 2.03. The molecule has 0 aliphatic heterocycles. The van der Waals surface area contributed by atoms with Crippen molar-refractivity contribution in [3.63, 3.8) is 0 Å². The van der Waals surface area contributed by atoms with Crippen LogP contribution in [-0.2, 0) is 9.59 Å². The lowest BCUT2D eigenvalue weighted by Gasteiger charge is -2.29. The number of halogens is 2. The van der Waals surface area contributed by atoms with Gasteiger partial charge in [0.1, 0.15) is 21.5 Å². The number of hydrogen-bond donors (Lipinski definition) is 2. The SMILES string of the molecule is NN(C1=C(Cl)C(=O)C(N(N)c2ccccc2)=C(Cl)C1=O)c1ccccc1. The Kier molecular flexibility index (Phi) is 5.11. The lowest BCUT2D eigenvalue weighted by molar-refractivity contribution is -0.115. The van der Waals surface area contributed by atoms with Crippen LogP contribution >= 0.6 is 23.2 Å². The molecule has 1 aliphatic rings. The number of benzene rings is 2. The Morgan fingerprint density at radius 2 is 0.923 bits per heavy atom. The van der Waals surface area contributed by atoms with E-state index in [9.17, 15) is 9.59 Å². The summed E-state index contributed by atoms with van der Waals surface area (Å²) in [6.07, 6.45) is 0. The van der Waals surface area contributed by atoms with Crippen LogP contribution in [0, 0.1) is 0 Å². The molecular weight excluding hydrogens is 375 g/mol. The van der Waals surface area contributed by atoms with E-state index in [0.29, 0.717) is 11.4 Å². The fourth-order valence-electron chi connectivity index (χ4n) is 2.49. The highest BCUT2D eigenvalue weighted by Crippen LogP contribution is 2.34. The number of carbonyl (C=O) groups excluding carboxylic acids is 2. The minimum absolute atomic E-state index is 0.210. The van der Waals surface area contributed by atoms with Crippen molar-refractivity contribution in [2.75, 3.05) is 10.0 Å². The van der Waals surface area contributed by atoms with E-state index in [1.165, 1.54) is 0 Å². The zero-order valence-corrected chi connectivity index (χ0v) is 14.9. The molecule has 6 nitrogen and oxygen atoms in total. The standard InChI is InChI=1S/C18H14Cl2N4O2/c19-13-15(23(21)11-7-3-1-4-8-11)17(25)14(20)16(18(13)26)24(22)12-9-5-2-6-10-12/h1-10H,21-22H2. The monoisotopic (exact) mass is 388 g/mol. The van der Waals surface area contributed by atoms with E-state index in [1.807, 2.05) is 0 Å². The summed E-state index contributed by atoms with van der Waals surface area (Å²) in [6.45, 7) is 0. The number of para-hydroxylation sites is 2. The Morgan fingerprint density at radius 3 is 1.23 bits per heavy atom. The molecule has 26 heavy (non-hydrogen) atoms. The molecule has 132 valence electrons. The smallest absolute Gasteiger partial charge is 0.226 e. The largest absolute Gasteiger partial charge is 0.286 e. The second-order valence-electron chi connectivity index (χ2n) is 5.39. The molecule has 4 N–H and O–H groups in total. The van der Waals surface area contributed by atoms with Gasteiger partial charge in [0.25, 0.3) is 0 Å². The fourth-order valence-corrected chi connectivity index (χ4v) is 3.02. The highest BCUT2D eigenvalue weighted by molar-refractivity contribution is 6.56. The molecule has 2 aromatic carbocycles. The van der Waals surface area contributed by atoms with Crippen molar-refractivity contribution in [2.45, 2.75) is 0 Å². The van der Waals surface area contributed by atoms with E-state index in [0.717, 1.165) is 10.0 Å². The summed E-state index contributed by atoms with van der Waals surface area (Å²) < 4.78 is 0. The first-order valence-electron chi connectivity index (χ1n) is 7.52. The quantitative estimate of drug-likeness (QED) is 0.475. The van der Waals surface area contributed by atoms with E-state index >= 15 is 0 Å². The van der Waals surface area contributed by atoms with Gasteiger partial charge in [-0.15, -0.1) is 0 Å². The summed E-state index contributed by atoms with van der Waals surface area (Å²) in [7, 11) is 0. The molecule has 3 rings (SSSR count). The van der Waals surface area contributed by atoms with Crippen LogP contribution in [0.4, 0.5) is 11.4 Å². The van der Waals surface area contributed by atoms with E-state index in [2.05, 4.69) is 0 Å². The Hall–Kier alpha value is -2.64. The van der Waals surface area contributed by atoms with Crippen molar-refractivity contribution in [3.8, 4) is 0 Å². The van der Waals surface area contributed by atoms with Crippen molar-refractivity contribution in [1.82, 2.24) is 0 Å². The topological polar surface area (TPSA) is 92.7 Å². The molecule has 0 saturated heterocycles. The summed E-state index contributed by atoms with van der Waals surface area (Å²) in [5.41, 5.74) is 0.529. The number of Topliss-reactive ketones (excluding diaryl/α,β-unsaturated/α-hetero) is 2. The van der Waals surface area contributed by atoms with Gasteiger partial charge in [0.05, 0.1) is 11.4 Å². The van der Waals surface area contributed by atoms with Gasteiger partial charge in [-0.1, -0.05) is 59.6 Å². The average molecular weight is 389 g/mol. The van der Waals surface area contributed by atoms with Crippen LogP contribution in [0.2, 0.25) is 0 Å². The van der Waals surface area contributed by atoms with Crippen molar-refractivity contribution in [3.05, 3.63) is 82.1 Å². The number of hydrogen-bond acceptors (Lipinski definition) is 6. The van der Waals surface area contributed by atoms with Gasteiger partial charge < -0.3 is 0 Å². The van der Waals surface area contributed by atoms with Gasteiger partial charge in [0, 0.05) is 0 Å². The lowest BCUT2D eigenvalue weighted by Crippen LogP contribution is -2.42. The number of allylic oxidation sites excluding steroid dienone is 2. The third-order valence-electron chi connectivity index (χ3n) is 3.80. The summed E-state index contributed by atoms with van der Waals surface area (Å²) in [6, 6.07) is 17.2. The first-order chi connectivity index (χ1) is 12.4. The average Bonchev–Trinajstić information content (AvgIpc) is 2.68. The van der Waals surface area contributed by atoms with Crippen LogP contribution < -0.4 is 21.7 Å². The highest BCUT2D eigenvalue weighted by Gasteiger charge is 2.38. The molecule has 0 heterocycles. The van der Waals surface area contributed by atoms with Gasteiger partial charge in [-0.25, -0.2) is 11.7 Å². The van der Waals surface area contributed by atoms with Gasteiger partial charge in [-0.05, 0) is 24.3 Å². The van der Waals surface area contributed by atoms with Crippen molar-refractivity contribution >= 4 is 46.1 Å². The zero-order chi connectivity index (χ0) is 18.8. The molecule has 0 radical (unpaired) electrons. The van der Waals surface area contributed by atoms with Crippen molar-refractivity contribution in [2.24, 2.45) is 11.7 Å². The Bertz CT molecular complexity index is 849. The molecule has 2 aromatic rings. The Labute approximate surface area is 159 Å². The van der Waals surface area contributed by atoms with Crippen molar-refractivity contribution < 1.29 is 9.59 Å². The second kappa shape index (κ2) is 7.31. The molecule has 0 unspecified atom stereocenters. The van der Waals surface area contributed by atoms with E-state index in [-0.39, 0.29) is 21.5 Å². The van der Waals surface area contributed by atoms with E-state index in [1.54, 1.807) is 60.7 Å². The van der Waals surface area contributed by atoms with Gasteiger partial charge in [-0.2, -0.15) is 0 Å². The minimum Gasteiger partial charge on any atom is -0.286 e. The van der Waals surface area contributed by atoms with Gasteiger partial charge >= 0.3 is 0 Å². The molecule has 1 aliphatic carbocycles. The number of hydrazine groups is 2. The molecular formula is C18H14Cl2N4O2. The zero-order valence-electron chi connectivity index (χ0n) is 13.4. The molecule has 0 amide bonds. The van der Waals surface area contributed by atoms with Crippen LogP contribution in [0.5, 0.6) is 0 Å². The van der Waals surface area contributed by atoms with Crippen LogP contribution in [0.15, 0.2) is 82.1 Å². The molecule has 0 aromatic heterocycles. The molecule has 0 bridgehead atoms. The number of nitrogens with zero attached hydrogens (tertiary/aromatic N) is 2. The van der Waals surface area contributed by atoms with Gasteiger partial charge in [0.15, 0.2) is 0 Å². The van der Waals surface area contributed by atoms with E-state index in [4.69, 9.17) is 34.9 Å². The Morgan fingerprint density at radius 1 is 0.615 bits per heavy atom. The van der Waals surface area contributed by atoms with Gasteiger partial charge in [0.2, 0.25) is 11.6 Å². The number of carbonyl (C=O) groups is 2. The van der Waals surface area contributed by atoms with Crippen LogP contribution in [0.25, 0.3) is 0 Å². The predicted octanol–water partition coefficient (Wildman–Crippen LogP) is 2.80. The molecule has 0 atom stereocenters. The lowest BCUT2D eigenvalue weighted by atomic mass is 10.0. The highest BCUT2D eigenvalue weighted by atomic mass is 35.5. The van der Waals surface area contributed by atoms with Crippen LogP contribution in [0.1, 0.15) is 0 Å². The molecule has 0 fully saturated rings. The minimum atomic E-state index is -0.691. The third-order valence-corrected chi connectivity index (χ3v) is 4.50. The summed E-state index contributed by atoms with van der Waals surface area (Å²) in [5, 5.41) is 1.36. The summed E-state index contributed by atoms with van der Waals surface area (Å²) in [4.78, 5) is 25.5. The maximum Gasteiger partial charge on any atom is 0.226 e. The summed E-state index contributed by atoms with van der Waals surface area (Å²) in [5.74, 6) is 10.6. The number of rotatable bonds is 4. The first-order valence-corrected chi connectivity index (χ1v) is 8.27. The van der Waals surface area contributed by atoms with E-state index < -0.39 is 11.6 Å². The molecule has 0 spiro atoms. The van der Waals surface area contributed by atoms with Crippen LogP contribution in [-0.4, -0.2) is 11.6 Å². The van der Waals surface area contributed by atoms with Gasteiger partial charge in [-0.3, -0.25) is 19.6 Å². The molecule has 8 heteroatoms. The normalized spacial score (nSPS) is 14.8.